The Balaban J connectivity index is 1.57. The first-order valence-electron chi connectivity index (χ1n) is 9.72. The Hall–Kier alpha value is -2.13. The Kier molecular flexibility index (Phi) is 7.59. The second-order valence-corrected chi connectivity index (χ2v) is 10.0. The molecule has 0 saturated heterocycles. The Morgan fingerprint density at radius 2 is 1.74 bits per heavy atom. The molecule has 166 valence electrons. The van der Waals surface area contributed by atoms with Crippen molar-refractivity contribution < 1.29 is 13.2 Å². The van der Waals surface area contributed by atoms with Gasteiger partial charge in [-0.05, 0) is 17.7 Å². The van der Waals surface area contributed by atoms with Crippen LogP contribution in [0.25, 0.3) is 0 Å². The molecule has 1 amide bonds. The van der Waals surface area contributed by atoms with E-state index in [-0.39, 0.29) is 33.8 Å². The van der Waals surface area contributed by atoms with Crippen LogP contribution in [-0.2, 0) is 21.4 Å². The molecule has 1 heterocycles. The van der Waals surface area contributed by atoms with Crippen LogP contribution < -0.4 is 5.32 Å². The van der Waals surface area contributed by atoms with Crippen molar-refractivity contribution in [1.29, 1.82) is 0 Å². The van der Waals surface area contributed by atoms with E-state index in [1.807, 2.05) is 24.3 Å². The SMILES string of the molecule is CN(Cc1ccc(C2=NCCN2)cc1)C(=O)CCN(C)S(=O)(=O)c1c(Cl)cccc1Cl. The van der Waals surface area contributed by atoms with Crippen LogP contribution in [0.1, 0.15) is 17.5 Å². The average Bonchev–Trinajstić information content (AvgIpc) is 3.26. The van der Waals surface area contributed by atoms with E-state index in [0.717, 1.165) is 34.4 Å². The number of nitrogens with zero attached hydrogens (tertiary/aromatic N) is 3. The van der Waals surface area contributed by atoms with Crippen molar-refractivity contribution in [2.45, 2.75) is 17.9 Å². The van der Waals surface area contributed by atoms with Crippen LogP contribution in [0.4, 0.5) is 0 Å². The van der Waals surface area contributed by atoms with E-state index < -0.39 is 10.0 Å². The van der Waals surface area contributed by atoms with Gasteiger partial charge in [0.15, 0.2) is 0 Å². The lowest BCUT2D eigenvalue weighted by Crippen LogP contribution is -2.33. The molecular formula is C21H24Cl2N4O3S. The van der Waals surface area contributed by atoms with Crippen molar-refractivity contribution in [1.82, 2.24) is 14.5 Å². The van der Waals surface area contributed by atoms with Gasteiger partial charge in [0.2, 0.25) is 15.9 Å². The molecule has 0 atom stereocenters. The molecule has 2 aromatic rings. The molecule has 31 heavy (non-hydrogen) atoms. The molecule has 0 saturated carbocycles. The van der Waals surface area contributed by atoms with Gasteiger partial charge in [0.25, 0.3) is 0 Å². The molecule has 1 aliphatic rings. The van der Waals surface area contributed by atoms with Crippen molar-refractivity contribution in [3.8, 4) is 0 Å². The van der Waals surface area contributed by atoms with Gasteiger partial charge >= 0.3 is 0 Å². The molecule has 2 aromatic carbocycles. The fraction of sp³-hybridized carbons (Fsp3) is 0.333. The minimum atomic E-state index is -3.91. The maximum absolute atomic E-state index is 12.8. The number of aliphatic imine (C=N–C) groups is 1. The molecule has 10 heteroatoms. The van der Waals surface area contributed by atoms with Gasteiger partial charge in [-0.25, -0.2) is 12.7 Å². The topological polar surface area (TPSA) is 82.1 Å². The highest BCUT2D eigenvalue weighted by atomic mass is 35.5. The van der Waals surface area contributed by atoms with E-state index in [1.54, 1.807) is 18.0 Å². The first-order valence-corrected chi connectivity index (χ1v) is 11.9. The van der Waals surface area contributed by atoms with Crippen LogP contribution in [0, 0.1) is 0 Å². The summed E-state index contributed by atoms with van der Waals surface area (Å²) in [4.78, 5) is 18.4. The number of benzene rings is 2. The molecule has 0 radical (unpaired) electrons. The van der Waals surface area contributed by atoms with Gasteiger partial charge in [-0.2, -0.15) is 0 Å². The van der Waals surface area contributed by atoms with Gasteiger partial charge in [0.1, 0.15) is 10.7 Å². The Morgan fingerprint density at radius 3 is 2.32 bits per heavy atom. The minimum absolute atomic E-state index is 0.0114. The molecule has 0 aromatic heterocycles. The molecule has 7 nitrogen and oxygen atoms in total. The van der Waals surface area contributed by atoms with Crippen LogP contribution in [0.5, 0.6) is 0 Å². The molecule has 0 unspecified atom stereocenters. The quantitative estimate of drug-likeness (QED) is 0.626. The van der Waals surface area contributed by atoms with E-state index in [2.05, 4.69) is 10.3 Å². The average molecular weight is 483 g/mol. The number of nitrogens with one attached hydrogen (secondary N) is 1. The monoisotopic (exact) mass is 482 g/mol. The number of sulfonamides is 1. The molecule has 1 aliphatic heterocycles. The third-order valence-electron chi connectivity index (χ3n) is 4.97. The van der Waals surface area contributed by atoms with Crippen LogP contribution >= 0.6 is 23.2 Å². The van der Waals surface area contributed by atoms with E-state index in [4.69, 9.17) is 23.2 Å². The number of halogens is 2. The van der Waals surface area contributed by atoms with Crippen molar-refractivity contribution in [3.63, 3.8) is 0 Å². The van der Waals surface area contributed by atoms with Gasteiger partial charge in [0, 0.05) is 45.7 Å². The van der Waals surface area contributed by atoms with Crippen LogP contribution in [0.15, 0.2) is 52.4 Å². The summed E-state index contributed by atoms with van der Waals surface area (Å²) in [5.41, 5.74) is 1.99. The summed E-state index contributed by atoms with van der Waals surface area (Å²) < 4.78 is 26.7. The number of carbonyl (C=O) groups is 1. The minimum Gasteiger partial charge on any atom is -0.368 e. The predicted molar refractivity (Wildman–Crippen MR) is 123 cm³/mol. The first kappa shape index (κ1) is 23.5. The summed E-state index contributed by atoms with van der Waals surface area (Å²) in [5.74, 6) is 0.720. The number of rotatable bonds is 8. The van der Waals surface area contributed by atoms with Gasteiger partial charge in [-0.15, -0.1) is 0 Å². The molecule has 3 rings (SSSR count). The van der Waals surface area contributed by atoms with Gasteiger partial charge in [0.05, 0.1) is 16.6 Å². The zero-order valence-electron chi connectivity index (χ0n) is 17.3. The summed E-state index contributed by atoms with van der Waals surface area (Å²) >= 11 is 12.1. The Morgan fingerprint density at radius 1 is 1.10 bits per heavy atom. The summed E-state index contributed by atoms with van der Waals surface area (Å²) in [6.45, 7) is 2.06. The van der Waals surface area contributed by atoms with Crippen LogP contribution in [0.2, 0.25) is 10.0 Å². The van der Waals surface area contributed by atoms with Crippen LogP contribution in [-0.4, -0.2) is 63.1 Å². The molecule has 0 fully saturated rings. The fourth-order valence-corrected chi connectivity index (χ4v) is 5.42. The van der Waals surface area contributed by atoms with Gasteiger partial charge in [-0.3, -0.25) is 9.79 Å². The van der Waals surface area contributed by atoms with Gasteiger partial charge < -0.3 is 10.2 Å². The van der Waals surface area contributed by atoms with Crippen molar-refractivity contribution in [2.24, 2.45) is 4.99 Å². The molecule has 0 spiro atoms. The second-order valence-electron chi connectivity index (χ2n) is 7.23. The summed E-state index contributed by atoms with van der Waals surface area (Å²) in [6, 6.07) is 12.4. The third kappa shape index (κ3) is 5.57. The highest BCUT2D eigenvalue weighted by Crippen LogP contribution is 2.31. The van der Waals surface area contributed by atoms with Crippen molar-refractivity contribution >= 4 is 45.0 Å². The number of hydrogen-bond donors (Lipinski definition) is 1. The number of amidine groups is 1. The van der Waals surface area contributed by atoms with Crippen LogP contribution in [0.3, 0.4) is 0 Å². The van der Waals surface area contributed by atoms with E-state index in [9.17, 15) is 13.2 Å². The van der Waals surface area contributed by atoms with Gasteiger partial charge in [-0.1, -0.05) is 53.5 Å². The third-order valence-corrected chi connectivity index (χ3v) is 7.79. The normalized spacial score (nSPS) is 13.8. The standard InChI is InChI=1S/C21H24Cl2N4O3S/c1-26(14-15-6-8-16(9-7-15)21-24-11-12-25-21)19(28)10-13-27(2)31(29,30)20-17(22)4-3-5-18(20)23/h3-9H,10-14H2,1-2H3,(H,24,25). The lowest BCUT2D eigenvalue weighted by molar-refractivity contribution is -0.130. The zero-order valence-corrected chi connectivity index (χ0v) is 19.6. The van der Waals surface area contributed by atoms with E-state index in [1.165, 1.54) is 19.2 Å². The lowest BCUT2D eigenvalue weighted by atomic mass is 10.1. The summed E-state index contributed by atoms with van der Waals surface area (Å²) in [7, 11) is -0.816. The second kappa shape index (κ2) is 9.99. The Labute approximate surface area is 192 Å². The van der Waals surface area contributed by atoms with E-state index >= 15 is 0 Å². The fourth-order valence-electron chi connectivity index (χ4n) is 3.17. The van der Waals surface area contributed by atoms with E-state index in [0.29, 0.717) is 6.54 Å². The van der Waals surface area contributed by atoms with Crippen molar-refractivity contribution in [3.05, 3.63) is 63.6 Å². The molecule has 0 aliphatic carbocycles. The predicted octanol–water partition coefficient (Wildman–Crippen LogP) is 3.01. The number of carbonyl (C=O) groups excluding carboxylic acids is 1. The lowest BCUT2D eigenvalue weighted by Gasteiger charge is -2.21. The number of hydrogen-bond acceptors (Lipinski definition) is 5. The highest BCUT2D eigenvalue weighted by molar-refractivity contribution is 7.89. The maximum Gasteiger partial charge on any atom is 0.245 e. The maximum atomic E-state index is 12.8. The smallest absolute Gasteiger partial charge is 0.245 e. The molecule has 0 bridgehead atoms. The first-order chi connectivity index (χ1) is 14.7. The number of amides is 1. The molecule has 1 N–H and O–H groups in total. The summed E-state index contributed by atoms with van der Waals surface area (Å²) in [5, 5.41) is 3.32. The largest absolute Gasteiger partial charge is 0.368 e. The van der Waals surface area contributed by atoms with Crippen molar-refractivity contribution in [2.75, 3.05) is 33.7 Å². The summed E-state index contributed by atoms with van der Waals surface area (Å²) in [6.07, 6.45) is 0.0348. The Bertz CT molecular complexity index is 1070. The zero-order chi connectivity index (χ0) is 22.6. The molecular weight excluding hydrogens is 459 g/mol. The highest BCUT2D eigenvalue weighted by Gasteiger charge is 2.27.